The molecular weight excluding hydrogens is 498 g/mol. The average Bonchev–Trinajstić information content (AvgIpc) is 3.60. The standard InChI is InChI=1S/C32H31N7O/c1-20-5-4-12-39(17-20)18-21-6-11-30-28(13-21)36-32(40-30)29-15-23(14-27(35-29)22-7-8-22)25-10-9-24(33-2)16-26(25)31-37-34-19-38(31)3/h6,9-11,13-16,19-20,22H,4-5,7-8,12,17-18H2,1,3H3/t20-/m0/s1. The summed E-state index contributed by atoms with van der Waals surface area (Å²) in [4.78, 5) is 16.1. The molecular formula is C32H31N7O. The van der Waals surface area contributed by atoms with Gasteiger partial charge in [-0.2, -0.15) is 0 Å². The molecule has 1 aliphatic heterocycles. The number of benzene rings is 2. The largest absolute Gasteiger partial charge is 0.435 e. The Balaban J connectivity index is 1.28. The Hall–Kier alpha value is -4.35. The van der Waals surface area contributed by atoms with E-state index in [9.17, 15) is 0 Å². The summed E-state index contributed by atoms with van der Waals surface area (Å²) in [7, 11) is 1.91. The van der Waals surface area contributed by atoms with E-state index in [1.165, 1.54) is 18.4 Å². The van der Waals surface area contributed by atoms with Gasteiger partial charge in [-0.1, -0.05) is 25.1 Å². The first-order chi connectivity index (χ1) is 19.5. The molecule has 40 heavy (non-hydrogen) atoms. The maximum Gasteiger partial charge on any atom is 0.246 e. The van der Waals surface area contributed by atoms with Crippen molar-refractivity contribution in [1.29, 1.82) is 0 Å². The highest BCUT2D eigenvalue weighted by molar-refractivity contribution is 5.85. The van der Waals surface area contributed by atoms with Gasteiger partial charge < -0.3 is 8.98 Å². The Kier molecular flexibility index (Phi) is 6.17. The van der Waals surface area contributed by atoms with Gasteiger partial charge in [-0.05, 0) is 85.2 Å². The number of hydrogen-bond donors (Lipinski definition) is 0. The predicted molar refractivity (Wildman–Crippen MR) is 155 cm³/mol. The molecule has 1 atom stereocenters. The Bertz CT molecular complexity index is 1760. The summed E-state index contributed by atoms with van der Waals surface area (Å²) in [5.74, 6) is 2.44. The van der Waals surface area contributed by atoms with Crippen LogP contribution in [0.2, 0.25) is 0 Å². The first-order valence-electron chi connectivity index (χ1n) is 14.0. The second-order valence-corrected chi connectivity index (χ2v) is 11.4. The van der Waals surface area contributed by atoms with Crippen LogP contribution in [0, 0.1) is 12.5 Å². The molecule has 8 heteroatoms. The fourth-order valence-electron chi connectivity index (χ4n) is 5.84. The molecule has 7 rings (SSSR count). The molecule has 8 nitrogen and oxygen atoms in total. The van der Waals surface area contributed by atoms with Crippen LogP contribution in [0.15, 0.2) is 59.3 Å². The van der Waals surface area contributed by atoms with Crippen molar-refractivity contribution in [2.75, 3.05) is 13.1 Å². The van der Waals surface area contributed by atoms with E-state index < -0.39 is 0 Å². The highest BCUT2D eigenvalue weighted by Crippen LogP contribution is 2.43. The fourth-order valence-corrected chi connectivity index (χ4v) is 5.84. The van der Waals surface area contributed by atoms with Crippen LogP contribution in [0.3, 0.4) is 0 Å². The number of aromatic nitrogens is 5. The number of nitrogens with zero attached hydrogens (tertiary/aromatic N) is 7. The molecule has 2 aromatic carbocycles. The van der Waals surface area contributed by atoms with Crippen LogP contribution in [0.25, 0.3) is 50.0 Å². The first-order valence-corrected chi connectivity index (χ1v) is 14.0. The molecule has 0 spiro atoms. The summed E-state index contributed by atoms with van der Waals surface area (Å²) >= 11 is 0. The van der Waals surface area contributed by atoms with Crippen LogP contribution in [0.4, 0.5) is 5.69 Å². The smallest absolute Gasteiger partial charge is 0.246 e. The van der Waals surface area contributed by atoms with E-state index in [1.54, 1.807) is 6.33 Å². The monoisotopic (exact) mass is 529 g/mol. The van der Waals surface area contributed by atoms with Crippen LogP contribution in [0.1, 0.15) is 49.8 Å². The van der Waals surface area contributed by atoms with Crippen LogP contribution < -0.4 is 0 Å². The summed E-state index contributed by atoms with van der Waals surface area (Å²) < 4.78 is 8.14. The van der Waals surface area contributed by atoms with Gasteiger partial charge in [0.2, 0.25) is 5.89 Å². The molecule has 3 aromatic heterocycles. The minimum absolute atomic E-state index is 0.447. The summed E-state index contributed by atoms with van der Waals surface area (Å²) in [5, 5.41) is 8.42. The van der Waals surface area contributed by atoms with Gasteiger partial charge in [0, 0.05) is 37.3 Å². The third-order valence-electron chi connectivity index (χ3n) is 8.05. The zero-order valence-electron chi connectivity index (χ0n) is 22.8. The lowest BCUT2D eigenvalue weighted by atomic mass is 9.97. The molecule has 2 fully saturated rings. The Labute approximate surface area is 233 Å². The van der Waals surface area contributed by atoms with E-state index in [0.717, 1.165) is 77.6 Å². The summed E-state index contributed by atoms with van der Waals surface area (Å²) in [6.07, 6.45) is 6.53. The normalized spacial score (nSPS) is 17.8. The van der Waals surface area contributed by atoms with Gasteiger partial charge in [-0.3, -0.25) is 4.90 Å². The molecule has 1 saturated carbocycles. The number of piperidine rings is 1. The summed E-state index contributed by atoms with van der Waals surface area (Å²) in [6.45, 7) is 13.1. The topological polar surface area (TPSA) is 77.2 Å². The van der Waals surface area contributed by atoms with E-state index in [4.69, 9.17) is 21.0 Å². The minimum Gasteiger partial charge on any atom is -0.435 e. The van der Waals surface area contributed by atoms with Crippen molar-refractivity contribution in [2.24, 2.45) is 13.0 Å². The van der Waals surface area contributed by atoms with Crippen LogP contribution in [0.5, 0.6) is 0 Å². The lowest BCUT2D eigenvalue weighted by Gasteiger charge is -2.30. The van der Waals surface area contributed by atoms with Gasteiger partial charge in [0.1, 0.15) is 17.5 Å². The summed E-state index contributed by atoms with van der Waals surface area (Å²) in [6, 6.07) is 16.3. The number of fused-ring (bicyclic) bond motifs is 1. The van der Waals surface area contributed by atoms with Gasteiger partial charge in [-0.15, -0.1) is 10.2 Å². The third kappa shape index (κ3) is 4.78. The van der Waals surface area contributed by atoms with Crippen LogP contribution >= 0.6 is 0 Å². The number of rotatable bonds is 6. The lowest BCUT2D eigenvalue weighted by Crippen LogP contribution is -2.33. The molecule has 4 heterocycles. The van der Waals surface area contributed by atoms with E-state index in [-0.39, 0.29) is 0 Å². The number of pyridine rings is 1. The van der Waals surface area contributed by atoms with Gasteiger partial charge in [0.25, 0.3) is 0 Å². The SMILES string of the molecule is [C-]#[N+]c1ccc(-c2cc(-c3nc4cc(CN5CCC[C@H](C)C5)ccc4o3)nc(C3CC3)c2)c(-c2nncn2C)c1. The Morgan fingerprint density at radius 2 is 1.93 bits per heavy atom. The second-order valence-electron chi connectivity index (χ2n) is 11.4. The van der Waals surface area contributed by atoms with Crippen molar-refractivity contribution in [3.8, 4) is 34.1 Å². The van der Waals surface area contributed by atoms with E-state index in [2.05, 4.69) is 45.1 Å². The predicted octanol–water partition coefficient (Wildman–Crippen LogP) is 7.01. The zero-order valence-corrected chi connectivity index (χ0v) is 22.8. The van der Waals surface area contributed by atoms with E-state index in [1.807, 2.05) is 41.9 Å². The molecule has 200 valence electrons. The molecule has 0 amide bonds. The van der Waals surface area contributed by atoms with Gasteiger partial charge in [0.15, 0.2) is 17.1 Å². The van der Waals surface area contributed by atoms with Crippen molar-refractivity contribution < 1.29 is 4.42 Å². The fraction of sp³-hybridized carbons (Fsp3) is 0.344. The Morgan fingerprint density at radius 1 is 1.02 bits per heavy atom. The van der Waals surface area contributed by atoms with Gasteiger partial charge in [-0.25, -0.2) is 14.8 Å². The van der Waals surface area contributed by atoms with Gasteiger partial charge >= 0.3 is 0 Å². The third-order valence-corrected chi connectivity index (χ3v) is 8.05. The second kappa shape index (κ2) is 10.00. The van der Waals surface area contributed by atoms with Crippen molar-refractivity contribution in [1.82, 2.24) is 29.6 Å². The first kappa shape index (κ1) is 24.7. The number of aryl methyl sites for hydroxylation is 1. The molecule has 0 radical (unpaired) electrons. The molecule has 0 bridgehead atoms. The molecule has 0 N–H and O–H groups in total. The molecule has 5 aromatic rings. The van der Waals surface area contributed by atoms with E-state index in [0.29, 0.717) is 23.3 Å². The quantitative estimate of drug-likeness (QED) is 0.220. The van der Waals surface area contributed by atoms with Crippen LogP contribution in [-0.4, -0.2) is 42.7 Å². The van der Waals surface area contributed by atoms with Crippen molar-refractivity contribution in [2.45, 2.75) is 45.1 Å². The number of oxazole rings is 1. The van der Waals surface area contributed by atoms with Gasteiger partial charge in [0.05, 0.1) is 6.57 Å². The Morgan fingerprint density at radius 3 is 2.70 bits per heavy atom. The van der Waals surface area contributed by atoms with Crippen molar-refractivity contribution >= 4 is 16.8 Å². The van der Waals surface area contributed by atoms with Crippen molar-refractivity contribution in [3.05, 3.63) is 77.5 Å². The lowest BCUT2D eigenvalue weighted by molar-refractivity contribution is 0.176. The van der Waals surface area contributed by atoms with Crippen LogP contribution in [-0.2, 0) is 13.6 Å². The highest BCUT2D eigenvalue weighted by Gasteiger charge is 2.27. The maximum atomic E-state index is 7.54. The number of likely N-dealkylation sites (tertiary alicyclic amines) is 1. The summed E-state index contributed by atoms with van der Waals surface area (Å²) in [5.41, 5.74) is 8.06. The van der Waals surface area contributed by atoms with Crippen molar-refractivity contribution in [3.63, 3.8) is 0 Å². The highest BCUT2D eigenvalue weighted by atomic mass is 16.3. The molecule has 2 aliphatic rings. The van der Waals surface area contributed by atoms with E-state index >= 15 is 0 Å². The molecule has 0 unspecified atom stereocenters. The maximum absolute atomic E-state index is 7.54. The molecule has 1 aliphatic carbocycles. The zero-order chi connectivity index (χ0) is 27.2. The average molecular weight is 530 g/mol. The minimum atomic E-state index is 0.447. The number of hydrogen-bond acceptors (Lipinski definition) is 6. The molecule has 1 saturated heterocycles.